The fourth-order valence-electron chi connectivity index (χ4n) is 4.63. The van der Waals surface area contributed by atoms with Crippen molar-refractivity contribution in [2.24, 2.45) is 5.92 Å². The van der Waals surface area contributed by atoms with Crippen molar-refractivity contribution in [1.82, 2.24) is 10.2 Å². The summed E-state index contributed by atoms with van der Waals surface area (Å²) in [7, 11) is 1.57. The molecule has 0 spiro atoms. The van der Waals surface area contributed by atoms with E-state index in [0.29, 0.717) is 29.0 Å². The summed E-state index contributed by atoms with van der Waals surface area (Å²) in [4.78, 5) is 43.0. The third-order valence-corrected chi connectivity index (χ3v) is 7.17. The lowest BCUT2D eigenvalue weighted by Crippen LogP contribution is -2.58. The molecule has 0 heterocycles. The highest BCUT2D eigenvalue weighted by atomic mass is 16.6. The van der Waals surface area contributed by atoms with Gasteiger partial charge >= 0.3 is 6.09 Å². The zero-order valence-electron chi connectivity index (χ0n) is 24.3. The van der Waals surface area contributed by atoms with Gasteiger partial charge in [-0.05, 0) is 81.8 Å². The molecule has 3 atom stereocenters. The van der Waals surface area contributed by atoms with Crippen molar-refractivity contribution >= 4 is 23.6 Å². The smallest absolute Gasteiger partial charge is 0.408 e. The Bertz CT molecular complexity index is 1220. The van der Waals surface area contributed by atoms with Crippen LogP contribution >= 0.6 is 0 Å². The van der Waals surface area contributed by atoms with E-state index in [1.165, 1.54) is 0 Å². The summed E-state index contributed by atoms with van der Waals surface area (Å²) in [5.41, 5.74) is 0.902. The average molecular weight is 548 g/mol. The molecule has 1 saturated carbocycles. The maximum Gasteiger partial charge on any atom is 0.408 e. The average Bonchev–Trinajstić information content (AvgIpc) is 2.89. The maximum atomic E-state index is 14.4. The first-order valence-electron chi connectivity index (χ1n) is 13.8. The number of nitrogens with one attached hydrogen (secondary N) is 2. The first kappa shape index (κ1) is 30.6. The summed E-state index contributed by atoms with van der Waals surface area (Å²) in [6.45, 7) is 9.16. The van der Waals surface area contributed by atoms with Gasteiger partial charge in [-0.2, -0.15) is 0 Å². The molecule has 0 aliphatic heterocycles. The van der Waals surface area contributed by atoms with Crippen molar-refractivity contribution in [3.63, 3.8) is 0 Å². The number of benzene rings is 2. The molecule has 0 saturated heterocycles. The molecular formula is C32H41N3O5. The largest absolute Gasteiger partial charge is 0.497 e. The lowest BCUT2D eigenvalue weighted by Gasteiger charge is -2.44. The molecular weight excluding hydrogens is 506 g/mol. The van der Waals surface area contributed by atoms with E-state index in [1.54, 1.807) is 81.3 Å². The van der Waals surface area contributed by atoms with Gasteiger partial charge in [0.05, 0.1) is 7.11 Å². The molecule has 1 aliphatic carbocycles. The zero-order chi connectivity index (χ0) is 29.4. The molecule has 40 heavy (non-hydrogen) atoms. The number of carbonyl (C=O) groups is 3. The minimum atomic E-state index is -1.01. The van der Waals surface area contributed by atoms with Gasteiger partial charge < -0.3 is 25.0 Å². The van der Waals surface area contributed by atoms with Gasteiger partial charge in [0, 0.05) is 17.3 Å². The highest BCUT2D eigenvalue weighted by Crippen LogP contribution is 2.36. The number of hydrogen-bond donors (Lipinski definition) is 2. The number of nitrogens with zero attached hydrogens (tertiary/aromatic N) is 1. The topological polar surface area (TPSA) is 97.0 Å². The van der Waals surface area contributed by atoms with Crippen LogP contribution in [0.5, 0.6) is 5.75 Å². The van der Waals surface area contributed by atoms with E-state index in [1.807, 2.05) is 13.8 Å². The number of methoxy groups -OCH3 is 1. The van der Waals surface area contributed by atoms with Crippen LogP contribution in [0.15, 0.2) is 48.5 Å². The van der Waals surface area contributed by atoms with Crippen LogP contribution < -0.4 is 15.4 Å². The first-order chi connectivity index (χ1) is 19.0. The third-order valence-electron chi connectivity index (χ3n) is 7.17. The Morgan fingerprint density at radius 2 is 1.75 bits per heavy atom. The van der Waals surface area contributed by atoms with E-state index >= 15 is 0 Å². The van der Waals surface area contributed by atoms with Crippen LogP contribution in [0, 0.1) is 18.3 Å². The molecule has 2 aromatic carbocycles. The molecule has 0 bridgehead atoms. The molecule has 2 aromatic rings. The van der Waals surface area contributed by atoms with Crippen molar-refractivity contribution in [2.75, 3.05) is 12.4 Å². The van der Waals surface area contributed by atoms with Gasteiger partial charge in [0.2, 0.25) is 5.91 Å². The van der Waals surface area contributed by atoms with Crippen LogP contribution in [0.25, 0.3) is 0 Å². The number of rotatable bonds is 10. The zero-order valence-corrected chi connectivity index (χ0v) is 24.3. The number of carbonyl (C=O) groups excluding carboxylic acids is 3. The lowest BCUT2D eigenvalue weighted by molar-refractivity contribution is -0.147. The second-order valence-electron chi connectivity index (χ2n) is 11.2. The van der Waals surface area contributed by atoms with Gasteiger partial charge in [0.25, 0.3) is 5.91 Å². The van der Waals surface area contributed by atoms with Crippen LogP contribution in [-0.4, -0.2) is 47.6 Å². The van der Waals surface area contributed by atoms with Crippen molar-refractivity contribution in [3.05, 3.63) is 59.7 Å². The van der Waals surface area contributed by atoms with Crippen LogP contribution in [0.4, 0.5) is 10.5 Å². The monoisotopic (exact) mass is 547 g/mol. The Balaban J connectivity index is 2.07. The van der Waals surface area contributed by atoms with Crippen molar-refractivity contribution in [1.29, 1.82) is 0 Å². The number of amides is 3. The Kier molecular flexibility index (Phi) is 10.2. The van der Waals surface area contributed by atoms with E-state index in [4.69, 9.17) is 15.9 Å². The van der Waals surface area contributed by atoms with Crippen LogP contribution in [-0.2, 0) is 14.3 Å². The molecule has 1 fully saturated rings. The molecule has 3 unspecified atom stereocenters. The SMILES string of the molecule is C#Cc1ccccc1C(C(=O)Nc1ccc(OC)cc1)N(C(=O)C(NC(=O)OC(C)(C)C)C(C)CC)C1CCC1. The fourth-order valence-corrected chi connectivity index (χ4v) is 4.63. The van der Waals surface area contributed by atoms with Gasteiger partial charge in [0.1, 0.15) is 23.4 Å². The Labute approximate surface area is 237 Å². The molecule has 2 N–H and O–H groups in total. The number of alkyl carbamates (subject to hydrolysis) is 1. The Hall–Kier alpha value is -3.99. The number of anilines is 1. The van der Waals surface area contributed by atoms with Crippen LogP contribution in [0.1, 0.15) is 77.5 Å². The molecule has 1 aliphatic rings. The second-order valence-corrected chi connectivity index (χ2v) is 11.2. The molecule has 0 aromatic heterocycles. The molecule has 214 valence electrons. The van der Waals surface area contributed by atoms with Crippen LogP contribution in [0.2, 0.25) is 0 Å². The molecule has 0 radical (unpaired) electrons. The predicted molar refractivity (Wildman–Crippen MR) is 156 cm³/mol. The number of hydrogen-bond acceptors (Lipinski definition) is 5. The minimum absolute atomic E-state index is 0.183. The van der Waals surface area contributed by atoms with E-state index in [9.17, 15) is 14.4 Å². The van der Waals surface area contributed by atoms with Gasteiger partial charge in [-0.1, -0.05) is 44.4 Å². The van der Waals surface area contributed by atoms with Crippen LogP contribution in [0.3, 0.4) is 0 Å². The molecule has 3 rings (SSSR count). The molecule has 8 nitrogen and oxygen atoms in total. The van der Waals surface area contributed by atoms with E-state index in [2.05, 4.69) is 16.6 Å². The minimum Gasteiger partial charge on any atom is -0.497 e. The third kappa shape index (κ3) is 7.56. The summed E-state index contributed by atoms with van der Waals surface area (Å²) >= 11 is 0. The maximum absolute atomic E-state index is 14.4. The fraction of sp³-hybridized carbons (Fsp3) is 0.469. The van der Waals surface area contributed by atoms with Crippen molar-refractivity contribution in [3.8, 4) is 18.1 Å². The van der Waals surface area contributed by atoms with Crippen molar-refractivity contribution in [2.45, 2.75) is 84.0 Å². The molecule has 3 amide bonds. The summed E-state index contributed by atoms with van der Waals surface area (Å²) in [6.07, 6.45) is 8.24. The number of ether oxygens (including phenoxy) is 2. The van der Waals surface area contributed by atoms with E-state index in [-0.39, 0.29) is 17.9 Å². The van der Waals surface area contributed by atoms with Gasteiger partial charge in [-0.3, -0.25) is 9.59 Å². The summed E-state index contributed by atoms with van der Waals surface area (Å²) in [5, 5.41) is 5.77. The molecule has 8 heteroatoms. The Morgan fingerprint density at radius 1 is 1.10 bits per heavy atom. The number of terminal acetylenes is 1. The van der Waals surface area contributed by atoms with Crippen molar-refractivity contribution < 1.29 is 23.9 Å². The predicted octanol–water partition coefficient (Wildman–Crippen LogP) is 5.68. The standard InChI is InChI=1S/C32H41N3O5/c1-8-21(3)27(34-31(38)40-32(4,5)6)30(37)35(24-14-12-15-24)28(26-16-11-10-13-22(26)9-2)29(36)33-23-17-19-25(39-7)20-18-23/h2,10-11,13,16-21,24,27-28H,8,12,14-15H2,1,3-7H3,(H,33,36)(H,34,38). The summed E-state index contributed by atoms with van der Waals surface area (Å²) in [6, 6.07) is 12.0. The van der Waals surface area contributed by atoms with Gasteiger partial charge in [0.15, 0.2) is 0 Å². The second kappa shape index (κ2) is 13.4. The van der Waals surface area contributed by atoms with Gasteiger partial charge in [-0.15, -0.1) is 6.42 Å². The summed E-state index contributed by atoms with van der Waals surface area (Å²) in [5.74, 6) is 2.38. The lowest BCUT2D eigenvalue weighted by atomic mass is 9.86. The first-order valence-corrected chi connectivity index (χ1v) is 13.8. The van der Waals surface area contributed by atoms with E-state index in [0.717, 1.165) is 19.3 Å². The van der Waals surface area contributed by atoms with E-state index < -0.39 is 29.7 Å². The quantitative estimate of drug-likeness (QED) is 0.373. The summed E-state index contributed by atoms with van der Waals surface area (Å²) < 4.78 is 10.7. The normalized spacial score (nSPS) is 15.4. The van der Waals surface area contributed by atoms with Gasteiger partial charge in [-0.25, -0.2) is 4.79 Å². The highest BCUT2D eigenvalue weighted by Gasteiger charge is 2.43. The highest BCUT2D eigenvalue weighted by molar-refractivity contribution is 5.99. The Morgan fingerprint density at radius 3 is 2.27 bits per heavy atom.